The van der Waals surface area contributed by atoms with Crippen LogP contribution in [0.25, 0.3) is 0 Å². The van der Waals surface area contributed by atoms with Crippen LogP contribution in [0.4, 0.5) is 5.69 Å². The van der Waals surface area contributed by atoms with E-state index < -0.39 is 22.0 Å². The summed E-state index contributed by atoms with van der Waals surface area (Å²) in [7, 11) is 0. The molecule has 0 aliphatic rings. The van der Waals surface area contributed by atoms with Gasteiger partial charge in [0.15, 0.2) is 0 Å². The Morgan fingerprint density at radius 3 is 2.47 bits per heavy atom. The zero-order chi connectivity index (χ0) is 13.4. The third-order valence-electron chi connectivity index (χ3n) is 2.56. The fraction of sp³-hybridized carbons (Fsp3) is 0.400. The second-order valence-corrected chi connectivity index (χ2v) is 4.17. The van der Waals surface area contributed by atoms with Crippen molar-refractivity contribution in [2.24, 2.45) is 0 Å². The fourth-order valence-corrected chi connectivity index (χ4v) is 1.35. The zero-order valence-corrected chi connectivity index (χ0v) is 9.63. The SMILES string of the molecule is Cc1cc(=O)n(C(C)(C)C(=O)O)cc1[N+](=O)[O-]. The molecule has 92 valence electrons. The lowest BCUT2D eigenvalue weighted by Crippen LogP contribution is -2.42. The summed E-state index contributed by atoms with van der Waals surface area (Å²) in [6.45, 7) is 4.03. The summed E-state index contributed by atoms with van der Waals surface area (Å²) in [5.74, 6) is -1.24. The zero-order valence-electron chi connectivity index (χ0n) is 9.63. The highest BCUT2D eigenvalue weighted by Gasteiger charge is 2.31. The van der Waals surface area contributed by atoms with Crippen molar-refractivity contribution in [1.29, 1.82) is 0 Å². The smallest absolute Gasteiger partial charge is 0.329 e. The van der Waals surface area contributed by atoms with E-state index in [1.165, 1.54) is 20.8 Å². The van der Waals surface area contributed by atoms with Crippen LogP contribution in [0, 0.1) is 17.0 Å². The highest BCUT2D eigenvalue weighted by molar-refractivity contribution is 5.75. The number of aliphatic carboxylic acids is 1. The van der Waals surface area contributed by atoms with Gasteiger partial charge in [-0.2, -0.15) is 0 Å². The van der Waals surface area contributed by atoms with Crippen molar-refractivity contribution in [3.05, 3.63) is 38.3 Å². The number of hydrogen-bond acceptors (Lipinski definition) is 4. The minimum absolute atomic E-state index is 0.206. The van der Waals surface area contributed by atoms with E-state index in [9.17, 15) is 19.7 Å². The maximum atomic E-state index is 11.6. The molecule has 1 heterocycles. The largest absolute Gasteiger partial charge is 0.480 e. The van der Waals surface area contributed by atoms with E-state index in [1.807, 2.05) is 0 Å². The van der Waals surface area contributed by atoms with E-state index in [2.05, 4.69) is 0 Å². The molecule has 17 heavy (non-hydrogen) atoms. The number of pyridine rings is 1. The van der Waals surface area contributed by atoms with Crippen molar-refractivity contribution in [3.63, 3.8) is 0 Å². The minimum Gasteiger partial charge on any atom is -0.480 e. The Morgan fingerprint density at radius 2 is 2.06 bits per heavy atom. The van der Waals surface area contributed by atoms with E-state index >= 15 is 0 Å². The highest BCUT2D eigenvalue weighted by Crippen LogP contribution is 2.19. The number of nitrogens with zero attached hydrogens (tertiary/aromatic N) is 2. The van der Waals surface area contributed by atoms with Gasteiger partial charge in [0, 0.05) is 11.6 Å². The first-order valence-electron chi connectivity index (χ1n) is 4.79. The molecule has 0 aliphatic carbocycles. The lowest BCUT2D eigenvalue weighted by molar-refractivity contribution is -0.386. The van der Waals surface area contributed by atoms with Crippen LogP contribution >= 0.6 is 0 Å². The molecular weight excluding hydrogens is 228 g/mol. The third kappa shape index (κ3) is 2.17. The molecule has 0 unspecified atom stereocenters. The molecule has 0 aliphatic heterocycles. The van der Waals surface area contributed by atoms with E-state index in [-0.39, 0.29) is 11.3 Å². The number of carboxylic acids is 1. The van der Waals surface area contributed by atoms with Crippen LogP contribution in [0.5, 0.6) is 0 Å². The van der Waals surface area contributed by atoms with E-state index in [0.717, 1.165) is 16.8 Å². The molecule has 0 amide bonds. The lowest BCUT2D eigenvalue weighted by atomic mass is 10.1. The first kappa shape index (κ1) is 12.9. The summed E-state index contributed by atoms with van der Waals surface area (Å²) in [5, 5.41) is 19.7. The molecule has 7 heteroatoms. The third-order valence-corrected chi connectivity index (χ3v) is 2.56. The molecule has 0 aromatic carbocycles. The normalized spacial score (nSPS) is 11.2. The van der Waals surface area contributed by atoms with Gasteiger partial charge in [-0.15, -0.1) is 0 Å². The van der Waals surface area contributed by atoms with Crippen molar-refractivity contribution in [3.8, 4) is 0 Å². The number of carbonyl (C=O) groups is 1. The van der Waals surface area contributed by atoms with Crippen molar-refractivity contribution in [2.75, 3.05) is 0 Å². The number of hydrogen-bond donors (Lipinski definition) is 1. The molecule has 0 bridgehead atoms. The van der Waals surface area contributed by atoms with Crippen LogP contribution < -0.4 is 5.56 Å². The summed E-state index contributed by atoms with van der Waals surface area (Å²) in [4.78, 5) is 32.7. The number of carboxylic acid groups (broad SMARTS) is 1. The molecule has 1 N–H and O–H groups in total. The standard InChI is InChI=1S/C10H12N2O5/c1-6-4-8(13)11(5-7(6)12(16)17)10(2,3)9(14)15/h4-5H,1-3H3,(H,14,15). The van der Waals surface area contributed by atoms with Gasteiger partial charge in [-0.05, 0) is 20.8 Å². The summed E-state index contributed by atoms with van der Waals surface area (Å²) in [6.07, 6.45) is 0.964. The Balaban J connectivity index is 3.56. The van der Waals surface area contributed by atoms with Crippen molar-refractivity contribution in [2.45, 2.75) is 26.3 Å². The number of aromatic nitrogens is 1. The molecule has 0 fully saturated rings. The van der Waals surface area contributed by atoms with Crippen LogP contribution in [0.2, 0.25) is 0 Å². The fourth-order valence-electron chi connectivity index (χ4n) is 1.35. The Kier molecular flexibility index (Phi) is 3.03. The Bertz CT molecular complexity index is 544. The molecule has 1 rings (SSSR count). The molecule has 0 saturated heterocycles. The average Bonchev–Trinajstić information content (AvgIpc) is 2.15. The van der Waals surface area contributed by atoms with Gasteiger partial charge < -0.3 is 5.11 Å². The van der Waals surface area contributed by atoms with Crippen LogP contribution in [-0.4, -0.2) is 20.6 Å². The van der Waals surface area contributed by atoms with Crippen molar-refractivity contribution in [1.82, 2.24) is 4.57 Å². The highest BCUT2D eigenvalue weighted by atomic mass is 16.6. The maximum absolute atomic E-state index is 11.6. The van der Waals surface area contributed by atoms with Gasteiger partial charge in [0.1, 0.15) is 5.54 Å². The molecule has 7 nitrogen and oxygen atoms in total. The van der Waals surface area contributed by atoms with Gasteiger partial charge >= 0.3 is 5.97 Å². The summed E-state index contributed by atoms with van der Waals surface area (Å²) >= 11 is 0. The molecule has 1 aromatic rings. The second-order valence-electron chi connectivity index (χ2n) is 4.17. The van der Waals surface area contributed by atoms with Gasteiger partial charge in [0.25, 0.3) is 11.2 Å². The molecule has 0 radical (unpaired) electrons. The Labute approximate surface area is 96.5 Å². The molecule has 0 atom stereocenters. The number of rotatable bonds is 3. The number of nitro groups is 1. The van der Waals surface area contributed by atoms with Crippen LogP contribution in [0.1, 0.15) is 19.4 Å². The first-order valence-corrected chi connectivity index (χ1v) is 4.79. The molecule has 1 aromatic heterocycles. The second kappa shape index (κ2) is 4.00. The van der Waals surface area contributed by atoms with E-state index in [4.69, 9.17) is 5.11 Å². The monoisotopic (exact) mass is 240 g/mol. The quantitative estimate of drug-likeness (QED) is 0.624. The van der Waals surface area contributed by atoms with Gasteiger partial charge in [-0.25, -0.2) is 4.79 Å². The van der Waals surface area contributed by atoms with Gasteiger partial charge in [-0.3, -0.25) is 19.5 Å². The van der Waals surface area contributed by atoms with E-state index in [0.29, 0.717) is 0 Å². The summed E-state index contributed by atoms with van der Waals surface area (Å²) in [6, 6.07) is 1.06. The molecule has 0 saturated carbocycles. The van der Waals surface area contributed by atoms with Crippen LogP contribution in [0.15, 0.2) is 17.1 Å². The molecular formula is C10H12N2O5. The minimum atomic E-state index is -1.53. The van der Waals surface area contributed by atoms with Gasteiger partial charge in [-0.1, -0.05) is 0 Å². The number of aryl methyl sites for hydroxylation is 1. The van der Waals surface area contributed by atoms with Crippen molar-refractivity contribution >= 4 is 11.7 Å². The average molecular weight is 240 g/mol. The Hall–Kier alpha value is -2.18. The summed E-state index contributed by atoms with van der Waals surface area (Å²) < 4.78 is 0.848. The van der Waals surface area contributed by atoms with Crippen molar-refractivity contribution < 1.29 is 14.8 Å². The van der Waals surface area contributed by atoms with Gasteiger partial charge in [0.2, 0.25) is 0 Å². The lowest BCUT2D eigenvalue weighted by Gasteiger charge is -2.22. The van der Waals surface area contributed by atoms with Gasteiger partial charge in [0.05, 0.1) is 11.1 Å². The van der Waals surface area contributed by atoms with Crippen LogP contribution in [-0.2, 0) is 10.3 Å². The predicted molar refractivity (Wildman–Crippen MR) is 59.1 cm³/mol. The summed E-state index contributed by atoms with van der Waals surface area (Å²) in [5.41, 5.74) is -2.19. The molecule has 0 spiro atoms. The topological polar surface area (TPSA) is 102 Å². The first-order chi connectivity index (χ1) is 7.67. The van der Waals surface area contributed by atoms with Crippen LogP contribution in [0.3, 0.4) is 0 Å². The predicted octanol–water partition coefficient (Wildman–Crippen LogP) is 0.885. The maximum Gasteiger partial charge on any atom is 0.329 e. The van der Waals surface area contributed by atoms with E-state index in [1.54, 1.807) is 0 Å². The Morgan fingerprint density at radius 1 is 1.53 bits per heavy atom.